The van der Waals surface area contributed by atoms with Gasteiger partial charge < -0.3 is 14.8 Å². The molecule has 1 aliphatic heterocycles. The maximum Gasteiger partial charge on any atom is 0.407 e. The fourth-order valence-electron chi connectivity index (χ4n) is 1.55. The van der Waals surface area contributed by atoms with Crippen LogP contribution in [-0.2, 0) is 14.3 Å². The Balaban J connectivity index is 2.26. The number of rotatable bonds is 6. The van der Waals surface area contributed by atoms with Crippen molar-refractivity contribution in [3.8, 4) is 0 Å². The van der Waals surface area contributed by atoms with Crippen LogP contribution in [0.15, 0.2) is 0 Å². The fraction of sp³-hybridized carbons (Fsp3) is 0.800. The van der Waals surface area contributed by atoms with E-state index >= 15 is 0 Å². The second-order valence-electron chi connectivity index (χ2n) is 3.63. The molecule has 0 aliphatic carbocycles. The molecular weight excluding hydrogens is 212 g/mol. The summed E-state index contributed by atoms with van der Waals surface area (Å²) in [6.07, 6.45) is -0.127. The number of likely N-dealkylation sites (N-methyl/N-ethyl adjacent to an activating group) is 1. The van der Waals surface area contributed by atoms with E-state index in [9.17, 15) is 9.59 Å². The molecule has 0 aromatic heterocycles. The van der Waals surface area contributed by atoms with E-state index in [1.54, 1.807) is 0 Å². The molecule has 0 radical (unpaired) electrons. The second kappa shape index (κ2) is 6.32. The lowest BCUT2D eigenvalue weighted by atomic mass is 10.3. The van der Waals surface area contributed by atoms with Crippen molar-refractivity contribution in [3.63, 3.8) is 0 Å². The highest BCUT2D eigenvalue weighted by Gasteiger charge is 2.24. The van der Waals surface area contributed by atoms with Crippen LogP contribution in [0.1, 0.15) is 13.3 Å². The largest absolute Gasteiger partial charge is 0.469 e. The van der Waals surface area contributed by atoms with Gasteiger partial charge in [-0.15, -0.1) is 0 Å². The summed E-state index contributed by atoms with van der Waals surface area (Å²) in [4.78, 5) is 23.8. The molecule has 1 saturated heterocycles. The van der Waals surface area contributed by atoms with Gasteiger partial charge in [-0.25, -0.2) is 4.79 Å². The Kier molecular flexibility index (Phi) is 5.04. The van der Waals surface area contributed by atoms with Gasteiger partial charge in [-0.2, -0.15) is 0 Å². The molecule has 16 heavy (non-hydrogen) atoms. The van der Waals surface area contributed by atoms with E-state index in [2.05, 4.69) is 15.0 Å². The topological polar surface area (TPSA) is 67.9 Å². The molecule has 0 bridgehead atoms. The molecule has 1 heterocycles. The summed E-state index contributed by atoms with van der Waals surface area (Å²) in [7, 11) is 1.38. The van der Waals surface area contributed by atoms with Gasteiger partial charge in [0, 0.05) is 13.1 Å². The van der Waals surface area contributed by atoms with Gasteiger partial charge in [0.2, 0.25) is 0 Å². The Hall–Kier alpha value is -1.30. The van der Waals surface area contributed by atoms with Crippen LogP contribution in [0.5, 0.6) is 0 Å². The summed E-state index contributed by atoms with van der Waals surface area (Å²) in [5.41, 5.74) is 0. The molecule has 0 spiro atoms. The van der Waals surface area contributed by atoms with E-state index < -0.39 is 0 Å². The highest BCUT2D eigenvalue weighted by Crippen LogP contribution is 2.03. The SMILES string of the molecule is CCN(CCC(=O)OC)CC1CNC(=O)O1. The van der Waals surface area contributed by atoms with E-state index in [0.29, 0.717) is 26.1 Å². The molecule has 1 atom stereocenters. The molecule has 1 unspecified atom stereocenters. The van der Waals surface area contributed by atoms with E-state index in [1.165, 1.54) is 7.11 Å². The highest BCUT2D eigenvalue weighted by molar-refractivity contribution is 5.69. The molecule has 0 aromatic carbocycles. The van der Waals surface area contributed by atoms with Crippen LogP contribution in [0.3, 0.4) is 0 Å². The van der Waals surface area contributed by atoms with Gasteiger partial charge in [-0.05, 0) is 6.54 Å². The smallest absolute Gasteiger partial charge is 0.407 e. The first-order chi connectivity index (χ1) is 7.65. The molecule has 0 aromatic rings. The number of amides is 1. The molecule has 1 N–H and O–H groups in total. The lowest BCUT2D eigenvalue weighted by Crippen LogP contribution is -2.35. The molecule has 92 valence electrons. The lowest BCUT2D eigenvalue weighted by Gasteiger charge is -2.21. The molecule has 1 aliphatic rings. The average Bonchev–Trinajstić information content (AvgIpc) is 2.69. The quantitative estimate of drug-likeness (QED) is 0.649. The van der Waals surface area contributed by atoms with Gasteiger partial charge in [0.15, 0.2) is 0 Å². The van der Waals surface area contributed by atoms with Crippen molar-refractivity contribution < 1.29 is 19.1 Å². The van der Waals surface area contributed by atoms with Gasteiger partial charge in [-0.1, -0.05) is 6.92 Å². The number of ether oxygens (including phenoxy) is 2. The molecule has 1 fully saturated rings. The third kappa shape index (κ3) is 4.06. The first kappa shape index (κ1) is 12.8. The molecule has 6 heteroatoms. The molecular formula is C10H18N2O4. The van der Waals surface area contributed by atoms with Crippen molar-refractivity contribution in [2.24, 2.45) is 0 Å². The predicted molar refractivity (Wildman–Crippen MR) is 57.0 cm³/mol. The number of hydrogen-bond donors (Lipinski definition) is 1. The summed E-state index contributed by atoms with van der Waals surface area (Å²) in [6, 6.07) is 0. The number of carbonyl (C=O) groups excluding carboxylic acids is 2. The van der Waals surface area contributed by atoms with Crippen molar-refractivity contribution in [1.29, 1.82) is 0 Å². The first-order valence-electron chi connectivity index (χ1n) is 5.39. The van der Waals surface area contributed by atoms with Crippen molar-refractivity contribution in [1.82, 2.24) is 10.2 Å². The second-order valence-corrected chi connectivity index (χ2v) is 3.63. The zero-order chi connectivity index (χ0) is 12.0. The third-order valence-corrected chi connectivity index (χ3v) is 2.52. The lowest BCUT2D eigenvalue weighted by molar-refractivity contribution is -0.141. The molecule has 1 amide bonds. The Morgan fingerprint density at radius 1 is 1.69 bits per heavy atom. The van der Waals surface area contributed by atoms with Gasteiger partial charge in [0.1, 0.15) is 6.10 Å². The third-order valence-electron chi connectivity index (χ3n) is 2.52. The Bertz CT molecular complexity index is 257. The minimum absolute atomic E-state index is 0.120. The zero-order valence-corrected chi connectivity index (χ0v) is 9.69. The summed E-state index contributed by atoms with van der Waals surface area (Å²) >= 11 is 0. The fourth-order valence-corrected chi connectivity index (χ4v) is 1.55. The van der Waals surface area contributed by atoms with Crippen LogP contribution in [0.4, 0.5) is 4.79 Å². The number of hydrogen-bond acceptors (Lipinski definition) is 5. The van der Waals surface area contributed by atoms with Crippen LogP contribution < -0.4 is 5.32 Å². The minimum atomic E-state index is -0.367. The van der Waals surface area contributed by atoms with Gasteiger partial charge in [0.25, 0.3) is 0 Å². The van der Waals surface area contributed by atoms with Crippen molar-refractivity contribution in [2.75, 3.05) is 33.3 Å². The van der Waals surface area contributed by atoms with Crippen molar-refractivity contribution in [3.05, 3.63) is 0 Å². The van der Waals surface area contributed by atoms with Gasteiger partial charge in [-0.3, -0.25) is 9.69 Å². The van der Waals surface area contributed by atoms with Crippen LogP contribution in [-0.4, -0.2) is 56.4 Å². The molecule has 0 saturated carbocycles. The number of carbonyl (C=O) groups is 2. The summed E-state index contributed by atoms with van der Waals surface area (Å²) in [6.45, 7) is 4.61. The molecule has 6 nitrogen and oxygen atoms in total. The number of alkyl carbamates (subject to hydrolysis) is 1. The van der Waals surface area contributed by atoms with Crippen LogP contribution >= 0.6 is 0 Å². The minimum Gasteiger partial charge on any atom is -0.469 e. The van der Waals surface area contributed by atoms with Crippen molar-refractivity contribution >= 4 is 12.1 Å². The number of nitrogens with one attached hydrogen (secondary N) is 1. The van der Waals surface area contributed by atoms with E-state index in [-0.39, 0.29) is 18.2 Å². The summed E-state index contributed by atoms with van der Waals surface area (Å²) < 4.78 is 9.59. The Morgan fingerprint density at radius 2 is 2.44 bits per heavy atom. The van der Waals surface area contributed by atoms with Crippen molar-refractivity contribution in [2.45, 2.75) is 19.4 Å². The predicted octanol–water partition coefficient (Wildman–Crippen LogP) is -0.0202. The van der Waals surface area contributed by atoms with E-state index in [1.807, 2.05) is 6.92 Å². The van der Waals surface area contributed by atoms with Crippen LogP contribution in [0, 0.1) is 0 Å². The van der Waals surface area contributed by atoms with E-state index in [4.69, 9.17) is 4.74 Å². The van der Waals surface area contributed by atoms with Crippen LogP contribution in [0.2, 0.25) is 0 Å². The van der Waals surface area contributed by atoms with Gasteiger partial charge in [0.05, 0.1) is 20.1 Å². The zero-order valence-electron chi connectivity index (χ0n) is 9.69. The summed E-state index contributed by atoms with van der Waals surface area (Å²) in [5.74, 6) is -0.222. The van der Waals surface area contributed by atoms with Gasteiger partial charge >= 0.3 is 12.1 Å². The molecule has 1 rings (SSSR count). The Morgan fingerprint density at radius 3 is 2.94 bits per heavy atom. The number of nitrogens with zero attached hydrogens (tertiary/aromatic N) is 1. The number of cyclic esters (lactones) is 1. The van der Waals surface area contributed by atoms with Crippen LogP contribution in [0.25, 0.3) is 0 Å². The monoisotopic (exact) mass is 230 g/mol. The average molecular weight is 230 g/mol. The maximum absolute atomic E-state index is 11.0. The Labute approximate surface area is 94.9 Å². The maximum atomic E-state index is 11.0. The highest BCUT2D eigenvalue weighted by atomic mass is 16.6. The normalized spacial score (nSPS) is 19.4. The number of esters is 1. The van der Waals surface area contributed by atoms with E-state index in [0.717, 1.165) is 6.54 Å². The first-order valence-corrected chi connectivity index (χ1v) is 5.39. The number of methoxy groups -OCH3 is 1. The summed E-state index contributed by atoms with van der Waals surface area (Å²) in [5, 5.41) is 2.60. The standard InChI is InChI=1S/C10H18N2O4/c1-3-12(5-4-9(13)15-2)7-8-6-11-10(14)16-8/h8H,3-7H2,1-2H3,(H,11,14).